The minimum Gasteiger partial charge on any atom is -0.360 e. The summed E-state index contributed by atoms with van der Waals surface area (Å²) in [6, 6.07) is 15.5. The number of ketones is 1. The van der Waals surface area contributed by atoms with Crippen LogP contribution in [0, 0.1) is 0 Å². The second kappa shape index (κ2) is 8.21. The van der Waals surface area contributed by atoms with Crippen LogP contribution in [-0.4, -0.2) is 58.7 Å². The minimum atomic E-state index is -0.213. The van der Waals surface area contributed by atoms with Crippen molar-refractivity contribution in [1.29, 1.82) is 0 Å². The molecule has 0 saturated carbocycles. The molecule has 29 heavy (non-hydrogen) atoms. The first-order valence-corrected chi connectivity index (χ1v) is 10.3. The number of carbonyl (C=O) groups is 2. The molecule has 1 N–H and O–H groups in total. The van der Waals surface area contributed by atoms with Crippen molar-refractivity contribution in [3.63, 3.8) is 0 Å². The van der Waals surface area contributed by atoms with Crippen molar-refractivity contribution in [2.24, 2.45) is 0 Å². The SMILES string of the molecule is CCc1ccc(C(=O)N2CCN(C(C)C(=O)c3c[nH]c4ccccc34)CC2)cc1. The number of nitrogens with one attached hydrogen (secondary N) is 1. The Kier molecular flexibility index (Phi) is 5.49. The fraction of sp³-hybridized carbons (Fsp3) is 0.333. The van der Waals surface area contributed by atoms with Crippen LogP contribution < -0.4 is 0 Å². The van der Waals surface area contributed by atoms with Crippen molar-refractivity contribution < 1.29 is 9.59 Å². The summed E-state index contributed by atoms with van der Waals surface area (Å²) in [5.74, 6) is 0.195. The summed E-state index contributed by atoms with van der Waals surface area (Å²) in [5.41, 5.74) is 3.68. The second-order valence-corrected chi connectivity index (χ2v) is 7.67. The molecule has 1 fully saturated rings. The molecule has 2 heterocycles. The third kappa shape index (κ3) is 3.83. The molecule has 1 saturated heterocycles. The third-order valence-corrected chi connectivity index (χ3v) is 5.99. The molecule has 1 amide bonds. The van der Waals surface area contributed by atoms with Gasteiger partial charge in [-0.1, -0.05) is 37.3 Å². The predicted octanol–water partition coefficient (Wildman–Crippen LogP) is 3.76. The van der Waals surface area contributed by atoms with Crippen LogP contribution in [0.3, 0.4) is 0 Å². The molecule has 5 heteroatoms. The number of hydrogen-bond donors (Lipinski definition) is 1. The summed E-state index contributed by atoms with van der Waals surface area (Å²) < 4.78 is 0. The number of aromatic nitrogens is 1. The summed E-state index contributed by atoms with van der Waals surface area (Å²) in [4.78, 5) is 33.1. The normalized spacial score (nSPS) is 16.1. The molecule has 1 atom stereocenters. The Morgan fingerprint density at radius 2 is 1.69 bits per heavy atom. The molecular weight excluding hydrogens is 362 g/mol. The van der Waals surface area contributed by atoms with Crippen molar-refractivity contribution in [2.45, 2.75) is 26.3 Å². The van der Waals surface area contributed by atoms with Gasteiger partial charge < -0.3 is 9.88 Å². The highest BCUT2D eigenvalue weighted by atomic mass is 16.2. The van der Waals surface area contributed by atoms with Gasteiger partial charge in [0.15, 0.2) is 5.78 Å². The van der Waals surface area contributed by atoms with Crippen molar-refractivity contribution in [3.8, 4) is 0 Å². The first-order valence-electron chi connectivity index (χ1n) is 10.3. The highest BCUT2D eigenvalue weighted by Crippen LogP contribution is 2.21. The number of nitrogens with zero attached hydrogens (tertiary/aromatic N) is 2. The van der Waals surface area contributed by atoms with Gasteiger partial charge in [0.05, 0.1) is 6.04 Å². The number of piperazine rings is 1. The summed E-state index contributed by atoms with van der Waals surface area (Å²) in [7, 11) is 0. The number of carbonyl (C=O) groups excluding carboxylic acids is 2. The van der Waals surface area contributed by atoms with Crippen LogP contribution in [0.5, 0.6) is 0 Å². The number of Topliss-reactive ketones (excluding diaryl/α,β-unsaturated/α-hetero) is 1. The largest absolute Gasteiger partial charge is 0.360 e. The average molecular weight is 389 g/mol. The number of benzene rings is 2. The van der Waals surface area contributed by atoms with Gasteiger partial charge in [0, 0.05) is 54.4 Å². The van der Waals surface area contributed by atoms with E-state index in [1.165, 1.54) is 5.56 Å². The van der Waals surface area contributed by atoms with E-state index in [1.807, 2.05) is 66.6 Å². The van der Waals surface area contributed by atoms with E-state index in [4.69, 9.17) is 0 Å². The highest BCUT2D eigenvalue weighted by molar-refractivity contribution is 6.10. The smallest absolute Gasteiger partial charge is 0.253 e. The van der Waals surface area contributed by atoms with E-state index < -0.39 is 0 Å². The summed E-state index contributed by atoms with van der Waals surface area (Å²) in [5, 5.41) is 0.966. The number of rotatable bonds is 5. The van der Waals surface area contributed by atoms with E-state index in [2.05, 4.69) is 16.8 Å². The van der Waals surface area contributed by atoms with Gasteiger partial charge >= 0.3 is 0 Å². The van der Waals surface area contributed by atoms with Crippen molar-refractivity contribution in [2.75, 3.05) is 26.2 Å². The lowest BCUT2D eigenvalue weighted by Crippen LogP contribution is -2.53. The number of H-pyrrole nitrogens is 1. The summed E-state index contributed by atoms with van der Waals surface area (Å²) in [6.07, 6.45) is 2.78. The molecule has 1 aliphatic heterocycles. The molecule has 0 radical (unpaired) electrons. The van der Waals surface area contributed by atoms with Gasteiger partial charge in [-0.15, -0.1) is 0 Å². The molecule has 3 aromatic rings. The van der Waals surface area contributed by atoms with Crippen molar-refractivity contribution in [3.05, 3.63) is 71.4 Å². The molecule has 4 rings (SSSR count). The Hall–Kier alpha value is -2.92. The van der Waals surface area contributed by atoms with E-state index in [-0.39, 0.29) is 17.7 Å². The zero-order valence-electron chi connectivity index (χ0n) is 17.0. The lowest BCUT2D eigenvalue weighted by molar-refractivity contribution is 0.0552. The third-order valence-electron chi connectivity index (χ3n) is 5.99. The zero-order valence-corrected chi connectivity index (χ0v) is 17.0. The summed E-state index contributed by atoms with van der Waals surface area (Å²) in [6.45, 7) is 6.75. The Morgan fingerprint density at radius 1 is 1.00 bits per heavy atom. The summed E-state index contributed by atoms with van der Waals surface area (Å²) >= 11 is 0. The number of fused-ring (bicyclic) bond motifs is 1. The van der Waals surface area contributed by atoms with Crippen LogP contribution in [-0.2, 0) is 6.42 Å². The topological polar surface area (TPSA) is 56.4 Å². The van der Waals surface area contributed by atoms with Gasteiger partial charge in [0.25, 0.3) is 5.91 Å². The molecule has 150 valence electrons. The van der Waals surface area contributed by atoms with E-state index >= 15 is 0 Å². The monoisotopic (exact) mass is 389 g/mol. The van der Waals surface area contributed by atoms with E-state index in [1.54, 1.807) is 0 Å². The van der Waals surface area contributed by atoms with Gasteiger partial charge in [-0.05, 0) is 37.1 Å². The maximum atomic E-state index is 13.1. The van der Waals surface area contributed by atoms with Gasteiger partial charge in [0.2, 0.25) is 0 Å². The van der Waals surface area contributed by atoms with Gasteiger partial charge in [0.1, 0.15) is 0 Å². The van der Waals surface area contributed by atoms with E-state index in [9.17, 15) is 9.59 Å². The maximum Gasteiger partial charge on any atom is 0.253 e. The lowest BCUT2D eigenvalue weighted by Gasteiger charge is -2.37. The Balaban J connectivity index is 1.39. The van der Waals surface area contributed by atoms with Crippen LogP contribution in [0.2, 0.25) is 0 Å². The number of para-hydroxylation sites is 1. The van der Waals surface area contributed by atoms with Crippen LogP contribution in [0.15, 0.2) is 54.7 Å². The fourth-order valence-corrected chi connectivity index (χ4v) is 4.04. The van der Waals surface area contributed by atoms with E-state index in [0.717, 1.165) is 28.5 Å². The molecule has 1 aliphatic rings. The second-order valence-electron chi connectivity index (χ2n) is 7.67. The van der Waals surface area contributed by atoms with Crippen molar-refractivity contribution in [1.82, 2.24) is 14.8 Å². The van der Waals surface area contributed by atoms with Crippen LogP contribution in [0.1, 0.15) is 40.1 Å². The fourth-order valence-electron chi connectivity index (χ4n) is 4.04. The molecule has 1 unspecified atom stereocenters. The zero-order chi connectivity index (χ0) is 20.4. The quantitative estimate of drug-likeness (QED) is 0.676. The van der Waals surface area contributed by atoms with E-state index in [0.29, 0.717) is 26.2 Å². The first kappa shape index (κ1) is 19.4. The molecule has 1 aromatic heterocycles. The van der Waals surface area contributed by atoms with Crippen LogP contribution in [0.4, 0.5) is 0 Å². The number of aromatic amines is 1. The predicted molar refractivity (Wildman–Crippen MR) is 115 cm³/mol. The molecule has 0 bridgehead atoms. The Morgan fingerprint density at radius 3 is 2.38 bits per heavy atom. The van der Waals surface area contributed by atoms with Gasteiger partial charge in [-0.25, -0.2) is 0 Å². The highest BCUT2D eigenvalue weighted by Gasteiger charge is 2.29. The molecule has 2 aromatic carbocycles. The number of hydrogen-bond acceptors (Lipinski definition) is 3. The Labute approximate surface area is 171 Å². The molecule has 5 nitrogen and oxygen atoms in total. The molecule has 0 aliphatic carbocycles. The van der Waals surface area contributed by atoms with Crippen LogP contribution >= 0.6 is 0 Å². The molecular formula is C24H27N3O2. The van der Waals surface area contributed by atoms with Gasteiger partial charge in [-0.2, -0.15) is 0 Å². The molecule has 0 spiro atoms. The Bertz CT molecular complexity index is 1010. The van der Waals surface area contributed by atoms with Gasteiger partial charge in [-0.3, -0.25) is 14.5 Å². The minimum absolute atomic E-state index is 0.0721. The first-order chi connectivity index (χ1) is 14.1. The number of amides is 1. The average Bonchev–Trinajstić information content (AvgIpc) is 3.22. The van der Waals surface area contributed by atoms with Crippen LogP contribution in [0.25, 0.3) is 10.9 Å². The standard InChI is InChI=1S/C24H27N3O2/c1-3-18-8-10-19(11-9-18)24(29)27-14-12-26(13-15-27)17(2)23(28)21-16-25-22-7-5-4-6-20(21)22/h4-11,16-17,25H,3,12-15H2,1-2H3. The van der Waals surface area contributed by atoms with Crippen molar-refractivity contribution >= 4 is 22.6 Å². The maximum absolute atomic E-state index is 13.1. The number of aryl methyl sites for hydroxylation is 1. The lowest BCUT2D eigenvalue weighted by atomic mass is 10.0.